The van der Waals surface area contributed by atoms with Gasteiger partial charge in [-0.1, -0.05) is 18.9 Å². The Labute approximate surface area is 168 Å². The monoisotopic (exact) mass is 415 g/mol. The van der Waals surface area contributed by atoms with Crippen molar-refractivity contribution >= 4 is 32.5 Å². The van der Waals surface area contributed by atoms with Crippen molar-refractivity contribution in [3.05, 3.63) is 60.0 Å². The molecular weight excluding hydrogens is 393 g/mol. The smallest absolute Gasteiger partial charge is 0.272 e. The number of aromatic nitrogens is 1. The largest absolute Gasteiger partial charge is 0.351 e. The second kappa shape index (κ2) is 7.96. The maximum atomic E-state index is 13.4. The first-order valence-electron chi connectivity index (χ1n) is 9.63. The molecule has 0 bridgehead atoms. The number of sulfonamides is 1. The molecule has 2 aromatic carbocycles. The van der Waals surface area contributed by atoms with Crippen LogP contribution in [-0.4, -0.2) is 36.7 Å². The van der Waals surface area contributed by atoms with Crippen molar-refractivity contribution in [3.63, 3.8) is 0 Å². The molecule has 6 nitrogen and oxygen atoms in total. The van der Waals surface area contributed by atoms with Crippen LogP contribution in [0.1, 0.15) is 36.2 Å². The zero-order chi connectivity index (χ0) is 20.4. The molecule has 1 aromatic heterocycles. The van der Waals surface area contributed by atoms with E-state index in [4.69, 9.17) is 0 Å². The topological polar surface area (TPSA) is 82.3 Å². The van der Waals surface area contributed by atoms with Gasteiger partial charge >= 0.3 is 0 Å². The highest BCUT2D eigenvalue weighted by molar-refractivity contribution is 7.89. The lowest BCUT2D eigenvalue weighted by Gasteiger charge is -2.20. The van der Waals surface area contributed by atoms with Gasteiger partial charge in [0.05, 0.1) is 4.90 Å². The van der Waals surface area contributed by atoms with Crippen molar-refractivity contribution in [2.24, 2.45) is 0 Å². The van der Waals surface area contributed by atoms with Gasteiger partial charge < -0.3 is 10.3 Å². The molecule has 0 spiro atoms. The second-order valence-corrected chi connectivity index (χ2v) is 9.15. The zero-order valence-electron chi connectivity index (χ0n) is 15.8. The summed E-state index contributed by atoms with van der Waals surface area (Å²) in [5, 5.41) is 3.31. The summed E-state index contributed by atoms with van der Waals surface area (Å²) < 4.78 is 40.8. The van der Waals surface area contributed by atoms with Gasteiger partial charge in [-0.15, -0.1) is 0 Å². The van der Waals surface area contributed by atoms with Crippen LogP contribution in [0.2, 0.25) is 0 Å². The second-order valence-electron chi connectivity index (χ2n) is 7.21. The lowest BCUT2D eigenvalue weighted by Crippen LogP contribution is -2.32. The molecule has 2 N–H and O–H groups in total. The van der Waals surface area contributed by atoms with Gasteiger partial charge in [-0.25, -0.2) is 12.8 Å². The normalized spacial score (nSPS) is 15.9. The van der Waals surface area contributed by atoms with E-state index >= 15 is 0 Å². The van der Waals surface area contributed by atoms with Crippen molar-refractivity contribution in [2.45, 2.75) is 30.6 Å². The molecule has 3 aromatic rings. The summed E-state index contributed by atoms with van der Waals surface area (Å²) in [5.41, 5.74) is 1.30. The number of amides is 1. The average Bonchev–Trinajstić information content (AvgIpc) is 2.92. The number of aromatic amines is 1. The highest BCUT2D eigenvalue weighted by Crippen LogP contribution is 2.23. The van der Waals surface area contributed by atoms with Gasteiger partial charge in [-0.05, 0) is 55.3 Å². The average molecular weight is 415 g/mol. The number of carbonyl (C=O) groups excluding carboxylic acids is 1. The van der Waals surface area contributed by atoms with Crippen molar-refractivity contribution in [3.8, 4) is 0 Å². The van der Waals surface area contributed by atoms with Crippen LogP contribution in [0.3, 0.4) is 0 Å². The van der Waals surface area contributed by atoms with Crippen LogP contribution in [-0.2, 0) is 10.0 Å². The summed E-state index contributed by atoms with van der Waals surface area (Å²) >= 11 is 0. The quantitative estimate of drug-likeness (QED) is 0.672. The van der Waals surface area contributed by atoms with Crippen LogP contribution < -0.4 is 5.32 Å². The van der Waals surface area contributed by atoms with Crippen molar-refractivity contribution in [1.29, 1.82) is 0 Å². The highest BCUT2D eigenvalue weighted by Gasteiger charge is 2.25. The van der Waals surface area contributed by atoms with E-state index in [1.807, 2.05) is 0 Å². The molecule has 0 saturated carbocycles. The van der Waals surface area contributed by atoms with E-state index in [0.717, 1.165) is 25.7 Å². The predicted molar refractivity (Wildman–Crippen MR) is 110 cm³/mol. The molecule has 152 valence electrons. The van der Waals surface area contributed by atoms with Gasteiger partial charge in [0.1, 0.15) is 11.5 Å². The number of benzene rings is 2. The summed E-state index contributed by atoms with van der Waals surface area (Å²) in [6.07, 6.45) is 3.79. The van der Waals surface area contributed by atoms with Gasteiger partial charge in [0.2, 0.25) is 10.0 Å². The van der Waals surface area contributed by atoms with Crippen LogP contribution in [0, 0.1) is 5.82 Å². The number of hydrogen-bond donors (Lipinski definition) is 2. The van der Waals surface area contributed by atoms with E-state index in [2.05, 4.69) is 10.3 Å². The van der Waals surface area contributed by atoms with E-state index in [0.29, 0.717) is 29.7 Å². The Kier molecular flexibility index (Phi) is 5.38. The Bertz CT molecular complexity index is 1150. The number of nitrogens with one attached hydrogen (secondary N) is 2. The Morgan fingerprint density at radius 2 is 1.76 bits per heavy atom. The summed E-state index contributed by atoms with van der Waals surface area (Å²) in [7, 11) is -3.60. The predicted octanol–water partition coefficient (Wildman–Crippen LogP) is 4.12. The molecule has 1 fully saturated rings. The fraction of sp³-hybridized carbons (Fsp3) is 0.286. The Balaban J connectivity index is 1.55. The Hall–Kier alpha value is -2.71. The molecule has 8 heteroatoms. The molecule has 0 unspecified atom stereocenters. The maximum absolute atomic E-state index is 13.4. The van der Waals surface area contributed by atoms with Gasteiger partial charge in [0, 0.05) is 29.7 Å². The van der Waals surface area contributed by atoms with E-state index in [1.54, 1.807) is 30.3 Å². The number of anilines is 1. The third-order valence-corrected chi connectivity index (χ3v) is 7.02. The minimum Gasteiger partial charge on any atom is -0.351 e. The first-order chi connectivity index (χ1) is 13.9. The lowest BCUT2D eigenvalue weighted by atomic mass is 10.2. The lowest BCUT2D eigenvalue weighted by molar-refractivity contribution is 0.102. The summed E-state index contributed by atoms with van der Waals surface area (Å²) in [6.45, 7) is 1.04. The number of H-pyrrole nitrogens is 1. The minimum atomic E-state index is -3.60. The molecule has 0 atom stereocenters. The number of halogens is 1. The standard InChI is InChI=1S/C21H22FN3O3S/c22-16-8-9-19-15(12-16)13-20(24-19)21(26)23-17-6-5-7-18(14-17)29(27,28)25-10-3-1-2-4-11-25/h5-9,12-14,24H,1-4,10-11H2,(H,23,26). The summed E-state index contributed by atoms with van der Waals surface area (Å²) in [6, 6.07) is 12.1. The van der Waals surface area contributed by atoms with Gasteiger partial charge in [0.15, 0.2) is 0 Å². The van der Waals surface area contributed by atoms with E-state index in [9.17, 15) is 17.6 Å². The van der Waals surface area contributed by atoms with Crippen LogP contribution >= 0.6 is 0 Å². The maximum Gasteiger partial charge on any atom is 0.272 e. The molecule has 4 rings (SSSR count). The highest BCUT2D eigenvalue weighted by atomic mass is 32.2. The van der Waals surface area contributed by atoms with E-state index < -0.39 is 15.9 Å². The van der Waals surface area contributed by atoms with Crippen molar-refractivity contribution in [2.75, 3.05) is 18.4 Å². The molecule has 1 saturated heterocycles. The molecule has 1 aliphatic rings. The summed E-state index contributed by atoms with van der Waals surface area (Å²) in [4.78, 5) is 15.7. The molecule has 0 aliphatic carbocycles. The molecular formula is C21H22FN3O3S. The number of carbonyl (C=O) groups is 1. The first-order valence-corrected chi connectivity index (χ1v) is 11.1. The van der Waals surface area contributed by atoms with Crippen molar-refractivity contribution < 1.29 is 17.6 Å². The number of nitrogens with zero attached hydrogens (tertiary/aromatic N) is 1. The zero-order valence-corrected chi connectivity index (χ0v) is 16.6. The fourth-order valence-corrected chi connectivity index (χ4v) is 5.15. The molecule has 1 amide bonds. The number of rotatable bonds is 4. The fourth-order valence-electron chi connectivity index (χ4n) is 3.59. The minimum absolute atomic E-state index is 0.163. The third kappa shape index (κ3) is 4.18. The number of fused-ring (bicyclic) bond motifs is 1. The van der Waals surface area contributed by atoms with Crippen LogP contribution in [0.5, 0.6) is 0 Å². The van der Waals surface area contributed by atoms with E-state index in [1.165, 1.54) is 22.5 Å². The Morgan fingerprint density at radius 3 is 2.52 bits per heavy atom. The van der Waals surface area contributed by atoms with Crippen LogP contribution in [0.15, 0.2) is 53.4 Å². The number of hydrogen-bond acceptors (Lipinski definition) is 3. The van der Waals surface area contributed by atoms with Gasteiger partial charge in [0.25, 0.3) is 5.91 Å². The molecule has 29 heavy (non-hydrogen) atoms. The van der Waals surface area contributed by atoms with Gasteiger partial charge in [-0.3, -0.25) is 4.79 Å². The molecule has 0 radical (unpaired) electrons. The SMILES string of the molecule is O=C(Nc1cccc(S(=O)(=O)N2CCCCCC2)c1)c1cc2cc(F)ccc2[nH]1. The first kappa shape index (κ1) is 19.6. The van der Waals surface area contributed by atoms with E-state index in [-0.39, 0.29) is 16.4 Å². The third-order valence-electron chi connectivity index (χ3n) is 5.12. The molecule has 1 aliphatic heterocycles. The Morgan fingerprint density at radius 1 is 1.00 bits per heavy atom. The van der Waals surface area contributed by atoms with Gasteiger partial charge in [-0.2, -0.15) is 4.31 Å². The summed E-state index contributed by atoms with van der Waals surface area (Å²) in [5.74, 6) is -0.805. The molecule has 2 heterocycles. The van der Waals surface area contributed by atoms with Crippen LogP contribution in [0.25, 0.3) is 10.9 Å². The van der Waals surface area contributed by atoms with Crippen LogP contribution in [0.4, 0.5) is 10.1 Å². The van der Waals surface area contributed by atoms with Crippen molar-refractivity contribution in [1.82, 2.24) is 9.29 Å².